The normalized spacial score (nSPS) is 11.1. The zero-order valence-electron chi connectivity index (χ0n) is 15.8. The van der Waals surface area contributed by atoms with E-state index in [1.807, 2.05) is 12.1 Å². The molecule has 30 heavy (non-hydrogen) atoms. The Balaban J connectivity index is 1.93. The van der Waals surface area contributed by atoms with Crippen LogP contribution in [0.2, 0.25) is 0 Å². The van der Waals surface area contributed by atoms with Crippen LogP contribution in [0.5, 0.6) is 0 Å². The van der Waals surface area contributed by atoms with Crippen LogP contribution in [-0.2, 0) is 21.3 Å². The van der Waals surface area contributed by atoms with Gasteiger partial charge in [-0.15, -0.1) is 0 Å². The molecular formula is C20H17N3O5S2. The summed E-state index contributed by atoms with van der Waals surface area (Å²) in [5, 5.41) is 13.9. The Morgan fingerprint density at radius 2 is 1.80 bits per heavy atom. The number of anilines is 1. The number of benzene rings is 2. The fourth-order valence-corrected chi connectivity index (χ4v) is 4.16. The molecular weight excluding hydrogens is 426 g/mol. The summed E-state index contributed by atoms with van der Waals surface area (Å²) >= 11 is 1.30. The van der Waals surface area contributed by atoms with Crippen molar-refractivity contribution in [3.8, 4) is 10.4 Å². The van der Waals surface area contributed by atoms with Crippen LogP contribution >= 0.6 is 11.3 Å². The lowest BCUT2D eigenvalue weighted by Gasteiger charge is -2.01. The van der Waals surface area contributed by atoms with Crippen LogP contribution in [0.15, 0.2) is 48.5 Å². The highest BCUT2D eigenvalue weighted by Crippen LogP contribution is 2.34. The Morgan fingerprint density at radius 3 is 2.37 bits per heavy atom. The Morgan fingerprint density at radius 1 is 1.13 bits per heavy atom. The van der Waals surface area contributed by atoms with E-state index < -0.39 is 15.6 Å². The molecule has 154 valence electrons. The second-order valence-electron chi connectivity index (χ2n) is 6.28. The van der Waals surface area contributed by atoms with Crippen LogP contribution in [-0.4, -0.2) is 24.2 Å². The molecule has 8 nitrogen and oxygen atoms in total. The monoisotopic (exact) mass is 443 g/mol. The van der Waals surface area contributed by atoms with Gasteiger partial charge in [-0.25, -0.2) is 13.4 Å². The molecule has 0 aliphatic heterocycles. The predicted octanol–water partition coefficient (Wildman–Crippen LogP) is 3.96. The predicted molar refractivity (Wildman–Crippen MR) is 118 cm³/mol. The number of thiazole rings is 1. The molecule has 1 amide bonds. The van der Waals surface area contributed by atoms with Crippen molar-refractivity contribution in [1.82, 2.24) is 4.98 Å². The van der Waals surface area contributed by atoms with Crippen molar-refractivity contribution in [1.29, 1.82) is 0 Å². The topological polar surface area (TPSA) is 119 Å². The van der Waals surface area contributed by atoms with Crippen LogP contribution in [0, 0.1) is 10.1 Å². The summed E-state index contributed by atoms with van der Waals surface area (Å²) in [6, 6.07) is 13.2. The van der Waals surface area contributed by atoms with Gasteiger partial charge in [0.25, 0.3) is 5.69 Å². The minimum Gasteiger partial charge on any atom is -0.302 e. The number of rotatable bonds is 7. The first-order chi connectivity index (χ1) is 14.3. The largest absolute Gasteiger partial charge is 0.302 e. The van der Waals surface area contributed by atoms with Gasteiger partial charge in [0.05, 0.1) is 21.2 Å². The number of nitrogens with one attached hydrogen (secondary N) is 1. The summed E-state index contributed by atoms with van der Waals surface area (Å²) in [6.07, 6.45) is 3.54. The highest BCUT2D eigenvalue weighted by atomic mass is 32.2. The van der Waals surface area contributed by atoms with E-state index in [0.717, 1.165) is 16.0 Å². The summed E-state index contributed by atoms with van der Waals surface area (Å²) in [4.78, 5) is 27.0. The van der Waals surface area contributed by atoms with E-state index in [2.05, 4.69) is 10.3 Å². The smallest absolute Gasteiger partial charge is 0.269 e. The average Bonchev–Trinajstić information content (AvgIpc) is 3.08. The van der Waals surface area contributed by atoms with Gasteiger partial charge >= 0.3 is 0 Å². The number of non-ortho nitro benzene ring substituents is 1. The summed E-state index contributed by atoms with van der Waals surface area (Å²) in [6.45, 7) is 1.40. The number of nitro groups is 1. The van der Waals surface area contributed by atoms with E-state index in [1.165, 1.54) is 30.4 Å². The summed E-state index contributed by atoms with van der Waals surface area (Å²) in [5.41, 5.74) is 2.90. The standard InChI is InChI=1S/C20H17N3O5S2/c1-13(24)21-20-22-18(11-6-14-4-9-17(10-5-14)23(25)26)19(29-20)16-7-2-15(3-8-16)12-30(27)28/h2-11,30H,12H2,1H3,(H,21,22,24)/b11-6+. The molecule has 0 saturated carbocycles. The SMILES string of the molecule is CC(=O)Nc1nc(/C=C/c2ccc([N+](=O)[O-])cc2)c(-c2ccc(C[SH](=O)=O)cc2)s1. The van der Waals surface area contributed by atoms with Crippen molar-refractivity contribution < 1.29 is 18.1 Å². The zero-order valence-corrected chi connectivity index (χ0v) is 17.5. The lowest BCUT2D eigenvalue weighted by atomic mass is 10.1. The van der Waals surface area contributed by atoms with Crippen LogP contribution in [0.25, 0.3) is 22.6 Å². The molecule has 1 aromatic heterocycles. The third-order valence-corrected chi connectivity index (χ3v) is 5.66. The van der Waals surface area contributed by atoms with Gasteiger partial charge in [-0.2, -0.15) is 0 Å². The Hall–Kier alpha value is -3.37. The van der Waals surface area contributed by atoms with E-state index in [9.17, 15) is 23.3 Å². The Bertz CT molecular complexity index is 1170. The molecule has 0 atom stereocenters. The molecule has 3 rings (SSSR count). The minimum absolute atomic E-state index is 0.00866. The summed E-state index contributed by atoms with van der Waals surface area (Å²) in [7, 11) is -2.50. The number of thiol groups is 1. The lowest BCUT2D eigenvalue weighted by molar-refractivity contribution is -0.384. The number of aromatic nitrogens is 1. The van der Waals surface area contributed by atoms with Crippen molar-refractivity contribution in [2.75, 3.05) is 5.32 Å². The molecule has 3 aromatic rings. The van der Waals surface area contributed by atoms with Crippen LogP contribution in [0.3, 0.4) is 0 Å². The van der Waals surface area contributed by atoms with Gasteiger partial charge < -0.3 is 5.32 Å². The minimum atomic E-state index is -2.50. The number of hydrogen-bond acceptors (Lipinski definition) is 7. The Labute approximate surface area is 178 Å². The number of carbonyl (C=O) groups is 1. The average molecular weight is 444 g/mol. The maximum Gasteiger partial charge on any atom is 0.269 e. The second kappa shape index (κ2) is 9.42. The van der Waals surface area contributed by atoms with Crippen molar-refractivity contribution in [2.45, 2.75) is 12.7 Å². The van der Waals surface area contributed by atoms with Crippen LogP contribution in [0.1, 0.15) is 23.7 Å². The van der Waals surface area contributed by atoms with Gasteiger partial charge in [0, 0.05) is 19.1 Å². The molecule has 0 bridgehead atoms. The van der Waals surface area contributed by atoms with E-state index >= 15 is 0 Å². The third-order valence-electron chi connectivity index (χ3n) is 4.00. The van der Waals surface area contributed by atoms with Crippen molar-refractivity contribution in [3.05, 3.63) is 75.5 Å². The Kier molecular flexibility index (Phi) is 6.70. The maximum atomic E-state index is 11.4. The molecule has 1 heterocycles. The molecule has 2 aromatic carbocycles. The number of nitro benzene ring substituents is 1. The van der Waals surface area contributed by atoms with Crippen molar-refractivity contribution in [2.24, 2.45) is 0 Å². The first kappa shape index (κ1) is 21.3. The molecule has 0 saturated heterocycles. The quantitative estimate of drug-likeness (QED) is 0.324. The zero-order chi connectivity index (χ0) is 21.7. The number of hydrogen-bond donors (Lipinski definition) is 2. The molecule has 0 aliphatic rings. The van der Waals surface area contributed by atoms with E-state index in [-0.39, 0.29) is 17.3 Å². The fourth-order valence-electron chi connectivity index (χ4n) is 2.65. The highest BCUT2D eigenvalue weighted by Gasteiger charge is 2.12. The van der Waals surface area contributed by atoms with Gasteiger partial charge in [0.2, 0.25) is 5.91 Å². The van der Waals surface area contributed by atoms with E-state index in [4.69, 9.17) is 0 Å². The number of amides is 1. The third kappa shape index (κ3) is 5.58. The second-order valence-corrected chi connectivity index (χ2v) is 8.27. The van der Waals surface area contributed by atoms with Gasteiger partial charge in [-0.1, -0.05) is 41.7 Å². The van der Waals surface area contributed by atoms with Gasteiger partial charge in [0.15, 0.2) is 5.13 Å². The number of carbonyl (C=O) groups excluding carboxylic acids is 1. The van der Waals surface area contributed by atoms with Gasteiger partial charge in [-0.05, 0) is 34.9 Å². The molecule has 0 unspecified atom stereocenters. The first-order valence-corrected chi connectivity index (χ1v) is 10.9. The molecule has 10 heteroatoms. The van der Waals surface area contributed by atoms with Crippen LogP contribution < -0.4 is 5.32 Å². The molecule has 0 aliphatic carbocycles. The molecule has 0 spiro atoms. The fraction of sp³-hybridized carbons (Fsp3) is 0.100. The maximum absolute atomic E-state index is 11.4. The van der Waals surface area contributed by atoms with Crippen molar-refractivity contribution in [3.63, 3.8) is 0 Å². The highest BCUT2D eigenvalue weighted by molar-refractivity contribution is 7.71. The van der Waals surface area contributed by atoms with Crippen molar-refractivity contribution >= 4 is 50.9 Å². The first-order valence-electron chi connectivity index (χ1n) is 8.74. The molecule has 0 radical (unpaired) electrons. The van der Waals surface area contributed by atoms with Gasteiger partial charge in [0.1, 0.15) is 10.7 Å². The van der Waals surface area contributed by atoms with Crippen LogP contribution in [0.4, 0.5) is 10.8 Å². The lowest BCUT2D eigenvalue weighted by Crippen LogP contribution is -2.04. The van der Waals surface area contributed by atoms with Gasteiger partial charge in [-0.3, -0.25) is 14.9 Å². The van der Waals surface area contributed by atoms with E-state index in [1.54, 1.807) is 36.4 Å². The summed E-state index contributed by atoms with van der Waals surface area (Å²) in [5.74, 6) is -0.265. The summed E-state index contributed by atoms with van der Waals surface area (Å²) < 4.78 is 21.8. The molecule has 0 fully saturated rings. The van der Waals surface area contributed by atoms with E-state index in [0.29, 0.717) is 16.4 Å². The molecule has 1 N–H and O–H groups in total. The number of nitrogens with zero attached hydrogens (tertiary/aromatic N) is 2.